The molecule has 1 unspecified atom stereocenters. The number of sulfone groups is 1. The molecule has 7 nitrogen and oxygen atoms in total. The van der Waals surface area contributed by atoms with Gasteiger partial charge in [-0.1, -0.05) is 0 Å². The molecule has 1 amide bonds. The van der Waals surface area contributed by atoms with Crippen LogP contribution in [0.3, 0.4) is 0 Å². The lowest BCUT2D eigenvalue weighted by Crippen LogP contribution is -2.48. The fourth-order valence-corrected chi connectivity index (χ4v) is 3.90. The molecule has 2 aliphatic heterocycles. The monoisotopic (exact) mass is 261 g/mol. The van der Waals surface area contributed by atoms with Gasteiger partial charge in [0.2, 0.25) is 0 Å². The van der Waals surface area contributed by atoms with Crippen LogP contribution in [0.2, 0.25) is 0 Å². The molecule has 0 radical (unpaired) electrons. The number of nitrogens with one attached hydrogen (secondary N) is 2. The summed E-state index contributed by atoms with van der Waals surface area (Å²) in [7, 11) is -1.56. The van der Waals surface area contributed by atoms with Crippen molar-refractivity contribution in [3.63, 3.8) is 0 Å². The fourth-order valence-electron chi connectivity index (χ4n) is 2.00. The van der Waals surface area contributed by atoms with Crippen molar-refractivity contribution >= 4 is 21.7 Å². The van der Waals surface area contributed by atoms with Crippen molar-refractivity contribution in [2.24, 2.45) is 4.99 Å². The predicted molar refractivity (Wildman–Crippen MR) is 61.5 cm³/mol. The summed E-state index contributed by atoms with van der Waals surface area (Å²) < 4.78 is 27.7. The fraction of sp³-hybridized carbons (Fsp3) is 0.778. The molecule has 0 aromatic carbocycles. The molecular weight excluding hydrogens is 246 g/mol. The minimum atomic E-state index is -3.12. The van der Waals surface area contributed by atoms with Gasteiger partial charge < -0.3 is 10.1 Å². The Kier molecular flexibility index (Phi) is 3.09. The predicted octanol–water partition coefficient (Wildman–Crippen LogP) is -1.73. The molecule has 2 aliphatic rings. The molecule has 2 rings (SSSR count). The highest BCUT2D eigenvalue weighted by molar-refractivity contribution is 7.91. The Morgan fingerprint density at radius 1 is 1.53 bits per heavy atom. The summed E-state index contributed by atoms with van der Waals surface area (Å²) in [4.78, 5) is 15.9. The van der Waals surface area contributed by atoms with Gasteiger partial charge in [-0.2, -0.15) is 0 Å². The van der Waals surface area contributed by atoms with Crippen molar-refractivity contribution in [3.05, 3.63) is 0 Å². The van der Waals surface area contributed by atoms with E-state index in [0.29, 0.717) is 25.5 Å². The standard InChI is InChI=1S/C9H15N3O4S/c1-16-4-3-10-8-11-7(13)9(12-8)2-5-17(14,15)6-9/h2-6H2,1H3,(H2,10,11,12,13). The Bertz CT molecular complexity index is 459. The van der Waals surface area contributed by atoms with Crippen LogP contribution in [0.4, 0.5) is 0 Å². The first-order chi connectivity index (χ1) is 7.97. The lowest BCUT2D eigenvalue weighted by molar-refractivity contribution is -0.123. The molecule has 17 heavy (non-hydrogen) atoms. The van der Waals surface area contributed by atoms with Crippen LogP contribution >= 0.6 is 0 Å². The number of methoxy groups -OCH3 is 1. The zero-order chi connectivity index (χ0) is 12.5. The molecule has 2 N–H and O–H groups in total. The first-order valence-electron chi connectivity index (χ1n) is 5.31. The molecule has 0 saturated carbocycles. The van der Waals surface area contributed by atoms with Crippen LogP contribution < -0.4 is 10.6 Å². The van der Waals surface area contributed by atoms with Gasteiger partial charge in [0.05, 0.1) is 24.7 Å². The highest BCUT2D eigenvalue weighted by atomic mass is 32.2. The van der Waals surface area contributed by atoms with E-state index in [4.69, 9.17) is 4.74 Å². The van der Waals surface area contributed by atoms with E-state index < -0.39 is 15.4 Å². The van der Waals surface area contributed by atoms with Gasteiger partial charge in [0.15, 0.2) is 15.8 Å². The van der Waals surface area contributed by atoms with Crippen LogP contribution in [0.15, 0.2) is 4.99 Å². The molecule has 2 fully saturated rings. The van der Waals surface area contributed by atoms with Gasteiger partial charge in [-0.05, 0) is 6.42 Å². The van der Waals surface area contributed by atoms with Crippen LogP contribution in [-0.4, -0.2) is 57.6 Å². The van der Waals surface area contributed by atoms with Crippen molar-refractivity contribution in [3.8, 4) is 0 Å². The maximum absolute atomic E-state index is 11.8. The van der Waals surface area contributed by atoms with E-state index in [1.54, 1.807) is 7.11 Å². The number of amides is 1. The van der Waals surface area contributed by atoms with Crippen LogP contribution in [0, 0.1) is 0 Å². The first kappa shape index (κ1) is 12.3. The Morgan fingerprint density at radius 3 is 2.88 bits per heavy atom. The zero-order valence-electron chi connectivity index (χ0n) is 9.52. The van der Waals surface area contributed by atoms with Crippen molar-refractivity contribution in [1.82, 2.24) is 10.6 Å². The summed E-state index contributed by atoms with van der Waals surface area (Å²) in [6.45, 7) is 0.869. The van der Waals surface area contributed by atoms with E-state index in [1.165, 1.54) is 0 Å². The summed E-state index contributed by atoms with van der Waals surface area (Å²) in [5.41, 5.74) is -1.01. The van der Waals surface area contributed by atoms with Crippen molar-refractivity contribution < 1.29 is 17.9 Å². The van der Waals surface area contributed by atoms with Crippen molar-refractivity contribution in [2.75, 3.05) is 31.8 Å². The van der Waals surface area contributed by atoms with E-state index in [-0.39, 0.29) is 17.4 Å². The summed E-state index contributed by atoms with van der Waals surface area (Å²) in [6, 6.07) is 0. The lowest BCUT2D eigenvalue weighted by Gasteiger charge is -2.17. The second-order valence-electron chi connectivity index (χ2n) is 4.23. The third kappa shape index (κ3) is 2.42. The van der Waals surface area contributed by atoms with E-state index in [1.807, 2.05) is 0 Å². The van der Waals surface area contributed by atoms with E-state index in [2.05, 4.69) is 15.6 Å². The largest absolute Gasteiger partial charge is 0.383 e. The number of nitrogens with zero attached hydrogens (tertiary/aromatic N) is 1. The molecule has 0 aromatic heterocycles. The highest BCUT2D eigenvalue weighted by Crippen LogP contribution is 2.26. The van der Waals surface area contributed by atoms with Gasteiger partial charge in [0, 0.05) is 7.11 Å². The Labute approximate surface area is 99.5 Å². The van der Waals surface area contributed by atoms with Gasteiger partial charge in [-0.3, -0.25) is 15.1 Å². The molecule has 1 spiro atoms. The molecular formula is C9H15N3O4S. The Morgan fingerprint density at radius 2 is 2.29 bits per heavy atom. The molecule has 1 atom stereocenters. The number of hydrogen-bond acceptors (Lipinski definition) is 5. The third-order valence-corrected chi connectivity index (χ3v) is 4.65. The van der Waals surface area contributed by atoms with Crippen LogP contribution in [0.1, 0.15) is 6.42 Å². The minimum Gasteiger partial charge on any atom is -0.383 e. The number of guanidine groups is 1. The zero-order valence-corrected chi connectivity index (χ0v) is 10.3. The SMILES string of the molecule is COCCN=C1NC(=O)C2(CCS(=O)(=O)C2)N1. The number of rotatable bonds is 3. The maximum Gasteiger partial charge on any atom is 0.253 e. The van der Waals surface area contributed by atoms with Gasteiger partial charge in [-0.25, -0.2) is 8.42 Å². The average Bonchev–Trinajstić information content (AvgIpc) is 2.70. The van der Waals surface area contributed by atoms with E-state index in [0.717, 1.165) is 0 Å². The van der Waals surface area contributed by atoms with Gasteiger partial charge in [0.1, 0.15) is 5.54 Å². The van der Waals surface area contributed by atoms with Crippen LogP contribution in [-0.2, 0) is 19.4 Å². The van der Waals surface area contributed by atoms with E-state index in [9.17, 15) is 13.2 Å². The maximum atomic E-state index is 11.8. The topological polar surface area (TPSA) is 96.9 Å². The number of aliphatic imine (C=N–C) groups is 1. The Balaban J connectivity index is 2.08. The molecule has 0 aliphatic carbocycles. The van der Waals surface area contributed by atoms with Crippen LogP contribution in [0.5, 0.6) is 0 Å². The number of hydrogen-bond donors (Lipinski definition) is 2. The summed E-state index contributed by atoms with van der Waals surface area (Å²) >= 11 is 0. The smallest absolute Gasteiger partial charge is 0.253 e. The number of carbonyl (C=O) groups is 1. The van der Waals surface area contributed by atoms with Crippen LogP contribution in [0.25, 0.3) is 0 Å². The highest BCUT2D eigenvalue weighted by Gasteiger charge is 2.52. The number of ether oxygens (including phenoxy) is 1. The van der Waals surface area contributed by atoms with Gasteiger partial charge >= 0.3 is 0 Å². The molecule has 2 heterocycles. The molecule has 2 saturated heterocycles. The number of carbonyl (C=O) groups excluding carboxylic acids is 1. The lowest BCUT2D eigenvalue weighted by atomic mass is 10.0. The quantitative estimate of drug-likeness (QED) is 0.588. The van der Waals surface area contributed by atoms with E-state index >= 15 is 0 Å². The van der Waals surface area contributed by atoms with Crippen molar-refractivity contribution in [2.45, 2.75) is 12.0 Å². The summed E-state index contributed by atoms with van der Waals surface area (Å²) in [5, 5.41) is 5.45. The van der Waals surface area contributed by atoms with Gasteiger partial charge in [0.25, 0.3) is 5.91 Å². The normalized spacial score (nSPS) is 33.0. The molecule has 8 heteroatoms. The molecule has 0 bridgehead atoms. The second-order valence-corrected chi connectivity index (χ2v) is 6.41. The molecule has 0 aromatic rings. The first-order valence-corrected chi connectivity index (χ1v) is 7.13. The molecule has 96 valence electrons. The van der Waals surface area contributed by atoms with Gasteiger partial charge in [-0.15, -0.1) is 0 Å². The second kappa shape index (κ2) is 4.26. The third-order valence-electron chi connectivity index (χ3n) is 2.90. The minimum absolute atomic E-state index is 0.0404. The van der Waals surface area contributed by atoms with Crippen molar-refractivity contribution in [1.29, 1.82) is 0 Å². The average molecular weight is 261 g/mol. The summed E-state index contributed by atoms with van der Waals surface area (Å²) in [5.74, 6) is -0.0904. The summed E-state index contributed by atoms with van der Waals surface area (Å²) in [6.07, 6.45) is 0.296. The Hall–Kier alpha value is -1.15.